The first-order chi connectivity index (χ1) is 15.7. The lowest BCUT2D eigenvalue weighted by Crippen LogP contribution is -2.37. The molecule has 6 nitrogen and oxygen atoms in total. The molecule has 1 fully saturated rings. The summed E-state index contributed by atoms with van der Waals surface area (Å²) in [5.74, 6) is -0.333. The number of hydrogen-bond donors (Lipinski definition) is 0. The van der Waals surface area contributed by atoms with Crippen LogP contribution in [-0.4, -0.2) is 43.3 Å². The molecule has 0 aromatic heterocycles. The van der Waals surface area contributed by atoms with Gasteiger partial charge in [-0.05, 0) is 55.2 Å². The number of halogens is 1. The number of sulfonamides is 1. The Morgan fingerprint density at radius 3 is 2.45 bits per heavy atom. The van der Waals surface area contributed by atoms with Gasteiger partial charge in [0.05, 0.1) is 23.5 Å². The van der Waals surface area contributed by atoms with Gasteiger partial charge in [-0.2, -0.15) is 5.26 Å². The van der Waals surface area contributed by atoms with E-state index in [1.54, 1.807) is 55.9 Å². The molecular weight excluding hydrogens is 461 g/mol. The molecule has 0 saturated carbocycles. The third-order valence-electron chi connectivity index (χ3n) is 5.59. The minimum atomic E-state index is -3.63. The Hall–Kier alpha value is -2.57. The van der Waals surface area contributed by atoms with Crippen LogP contribution in [0, 0.1) is 17.1 Å². The fourth-order valence-corrected chi connectivity index (χ4v) is 6.51. The van der Waals surface area contributed by atoms with Crippen LogP contribution in [0.25, 0.3) is 0 Å². The SMILES string of the molecule is CCCS(=O)(=O)N(Cc1ccc(F)cc1)c1ccc(SC2CCN(C(C)=O)CC2)c(C#N)c1. The number of piperidine rings is 1. The zero-order valence-electron chi connectivity index (χ0n) is 18.8. The minimum absolute atomic E-state index is 0.0265. The Morgan fingerprint density at radius 2 is 1.88 bits per heavy atom. The van der Waals surface area contributed by atoms with Crippen LogP contribution in [-0.2, 0) is 21.4 Å². The van der Waals surface area contributed by atoms with Crippen LogP contribution in [0.3, 0.4) is 0 Å². The Labute approximate surface area is 199 Å². The molecule has 0 N–H and O–H groups in total. The summed E-state index contributed by atoms with van der Waals surface area (Å²) in [5, 5.41) is 10.1. The molecule has 1 aliphatic rings. The molecule has 0 spiro atoms. The van der Waals surface area contributed by atoms with Crippen molar-refractivity contribution < 1.29 is 17.6 Å². The van der Waals surface area contributed by atoms with Crippen LogP contribution >= 0.6 is 11.8 Å². The van der Waals surface area contributed by atoms with Gasteiger partial charge in [-0.25, -0.2) is 12.8 Å². The molecule has 0 aliphatic carbocycles. The van der Waals surface area contributed by atoms with Gasteiger partial charge in [0.1, 0.15) is 11.9 Å². The van der Waals surface area contributed by atoms with Crippen molar-refractivity contribution in [2.75, 3.05) is 23.1 Å². The molecule has 0 bridgehead atoms. The van der Waals surface area contributed by atoms with E-state index >= 15 is 0 Å². The number of carbonyl (C=O) groups is 1. The highest BCUT2D eigenvalue weighted by Gasteiger charge is 2.25. The molecule has 2 aromatic rings. The molecule has 1 saturated heterocycles. The van der Waals surface area contributed by atoms with Gasteiger partial charge >= 0.3 is 0 Å². The van der Waals surface area contributed by atoms with Crippen LogP contribution in [0.5, 0.6) is 0 Å². The van der Waals surface area contributed by atoms with Crippen LogP contribution in [0.1, 0.15) is 44.2 Å². The van der Waals surface area contributed by atoms with Crippen molar-refractivity contribution >= 4 is 33.4 Å². The zero-order valence-corrected chi connectivity index (χ0v) is 20.5. The van der Waals surface area contributed by atoms with Gasteiger partial charge in [-0.3, -0.25) is 9.10 Å². The average molecular weight is 490 g/mol. The molecule has 0 atom stereocenters. The first kappa shape index (κ1) is 25.1. The van der Waals surface area contributed by atoms with Gasteiger partial charge in [0.2, 0.25) is 15.9 Å². The first-order valence-corrected chi connectivity index (χ1v) is 13.4. The van der Waals surface area contributed by atoms with Crippen molar-refractivity contribution in [3.63, 3.8) is 0 Å². The molecule has 1 aliphatic heterocycles. The second-order valence-corrected chi connectivity index (χ2v) is 11.4. The Kier molecular flexibility index (Phi) is 8.38. The molecule has 176 valence electrons. The standard InChI is InChI=1S/C24H28FN3O3S2/c1-3-14-33(30,31)28(17-19-4-6-21(25)7-5-19)22-8-9-24(20(15-22)16-26)32-23-10-12-27(13-11-23)18(2)29/h4-9,15,23H,3,10-14,17H2,1-2H3. The highest BCUT2D eigenvalue weighted by atomic mass is 32.2. The third-order valence-corrected chi connectivity index (χ3v) is 8.94. The maximum absolute atomic E-state index is 13.3. The summed E-state index contributed by atoms with van der Waals surface area (Å²) in [4.78, 5) is 14.2. The number of hydrogen-bond acceptors (Lipinski definition) is 5. The predicted octanol–water partition coefficient (Wildman–Crippen LogP) is 4.55. The summed E-state index contributed by atoms with van der Waals surface area (Å²) in [7, 11) is -3.63. The molecule has 0 radical (unpaired) electrons. The van der Waals surface area contributed by atoms with Crippen molar-refractivity contribution in [1.82, 2.24) is 4.90 Å². The summed E-state index contributed by atoms with van der Waals surface area (Å²) in [6.07, 6.45) is 2.15. The van der Waals surface area contributed by atoms with Gasteiger partial charge in [0.25, 0.3) is 0 Å². The second-order valence-electron chi connectivity index (χ2n) is 8.06. The summed E-state index contributed by atoms with van der Waals surface area (Å²) in [6, 6.07) is 13.1. The van der Waals surface area contributed by atoms with E-state index in [4.69, 9.17) is 0 Å². The summed E-state index contributed by atoms with van der Waals surface area (Å²) in [6.45, 7) is 4.83. The molecule has 33 heavy (non-hydrogen) atoms. The summed E-state index contributed by atoms with van der Waals surface area (Å²) < 4.78 is 40.6. The highest BCUT2D eigenvalue weighted by molar-refractivity contribution is 8.00. The van der Waals surface area contributed by atoms with E-state index in [1.807, 2.05) is 4.90 Å². The monoisotopic (exact) mass is 489 g/mol. The topological polar surface area (TPSA) is 81.5 Å². The second kappa shape index (κ2) is 11.0. The fourth-order valence-electron chi connectivity index (χ4n) is 3.81. The van der Waals surface area contributed by atoms with E-state index in [2.05, 4.69) is 6.07 Å². The van der Waals surface area contributed by atoms with Gasteiger partial charge in [0, 0.05) is 30.2 Å². The van der Waals surface area contributed by atoms with Gasteiger partial charge in [-0.15, -0.1) is 11.8 Å². The van der Waals surface area contributed by atoms with Crippen molar-refractivity contribution in [2.45, 2.75) is 49.8 Å². The smallest absolute Gasteiger partial charge is 0.235 e. The Balaban J connectivity index is 1.85. The van der Waals surface area contributed by atoms with Crippen molar-refractivity contribution in [1.29, 1.82) is 5.26 Å². The number of anilines is 1. The molecule has 2 aromatic carbocycles. The number of nitriles is 1. The maximum atomic E-state index is 13.3. The lowest BCUT2D eigenvalue weighted by atomic mass is 10.1. The number of rotatable bonds is 8. The van der Waals surface area contributed by atoms with Crippen LogP contribution in [0.4, 0.5) is 10.1 Å². The minimum Gasteiger partial charge on any atom is -0.343 e. The maximum Gasteiger partial charge on any atom is 0.235 e. The predicted molar refractivity (Wildman–Crippen MR) is 129 cm³/mol. The van der Waals surface area contributed by atoms with Crippen LogP contribution in [0.2, 0.25) is 0 Å². The Bertz CT molecular complexity index is 1120. The fraction of sp³-hybridized carbons (Fsp3) is 0.417. The molecule has 0 unspecified atom stereocenters. The number of carbonyl (C=O) groups excluding carboxylic acids is 1. The molecule has 1 amide bonds. The summed E-state index contributed by atoms with van der Waals surface area (Å²) in [5.41, 5.74) is 1.49. The average Bonchev–Trinajstić information content (AvgIpc) is 2.79. The first-order valence-electron chi connectivity index (χ1n) is 10.9. The summed E-state index contributed by atoms with van der Waals surface area (Å²) >= 11 is 1.60. The number of thioether (sulfide) groups is 1. The van der Waals surface area contributed by atoms with E-state index in [0.717, 1.165) is 17.7 Å². The van der Waals surface area contributed by atoms with E-state index in [-0.39, 0.29) is 29.3 Å². The number of nitrogens with zero attached hydrogens (tertiary/aromatic N) is 3. The van der Waals surface area contributed by atoms with E-state index in [1.165, 1.54) is 16.4 Å². The van der Waals surface area contributed by atoms with Crippen LogP contribution in [0.15, 0.2) is 47.4 Å². The van der Waals surface area contributed by atoms with Gasteiger partial charge in [0.15, 0.2) is 0 Å². The lowest BCUT2D eigenvalue weighted by Gasteiger charge is -2.31. The van der Waals surface area contributed by atoms with Crippen molar-refractivity contribution in [3.05, 3.63) is 59.4 Å². The number of benzene rings is 2. The normalized spacial score (nSPS) is 14.7. The van der Waals surface area contributed by atoms with E-state index < -0.39 is 10.0 Å². The number of likely N-dealkylation sites (tertiary alicyclic amines) is 1. The largest absolute Gasteiger partial charge is 0.343 e. The van der Waals surface area contributed by atoms with Crippen LogP contribution < -0.4 is 4.31 Å². The molecule has 3 rings (SSSR count). The highest BCUT2D eigenvalue weighted by Crippen LogP contribution is 2.35. The van der Waals surface area contributed by atoms with E-state index in [9.17, 15) is 22.9 Å². The van der Waals surface area contributed by atoms with Gasteiger partial charge < -0.3 is 4.90 Å². The molecule has 9 heteroatoms. The lowest BCUT2D eigenvalue weighted by molar-refractivity contribution is -0.129. The van der Waals surface area contributed by atoms with E-state index in [0.29, 0.717) is 36.3 Å². The zero-order chi connectivity index (χ0) is 24.0. The Morgan fingerprint density at radius 1 is 1.21 bits per heavy atom. The molecular formula is C24H28FN3O3S2. The third kappa shape index (κ3) is 6.49. The van der Waals surface area contributed by atoms with Crippen molar-refractivity contribution in [3.8, 4) is 6.07 Å². The number of amides is 1. The quantitative estimate of drug-likeness (QED) is 0.544. The van der Waals surface area contributed by atoms with Crippen molar-refractivity contribution in [2.24, 2.45) is 0 Å². The molecule has 1 heterocycles. The van der Waals surface area contributed by atoms with Gasteiger partial charge in [-0.1, -0.05) is 19.1 Å².